The Labute approximate surface area is 184 Å². The quantitative estimate of drug-likeness (QED) is 0.289. The lowest BCUT2D eigenvalue weighted by molar-refractivity contribution is 0.475. The van der Waals surface area contributed by atoms with Crippen LogP contribution in [0.15, 0.2) is 72.0 Å². The first-order valence-corrected chi connectivity index (χ1v) is 9.90. The van der Waals surface area contributed by atoms with Crippen molar-refractivity contribution in [1.82, 2.24) is 15.0 Å². The third kappa shape index (κ3) is 5.04. The molecular weight excluding hydrogens is 407 g/mol. The number of hydrazone groups is 1. The Kier molecular flexibility index (Phi) is 6.03. The second kappa shape index (κ2) is 9.22. The van der Waals surface area contributed by atoms with E-state index in [1.165, 1.54) is 0 Å². The van der Waals surface area contributed by atoms with E-state index in [0.29, 0.717) is 5.69 Å². The van der Waals surface area contributed by atoms with Crippen molar-refractivity contribution in [2.24, 2.45) is 5.10 Å². The molecule has 0 bridgehead atoms. The molecule has 3 N–H and O–H groups in total. The normalized spacial score (nSPS) is 11.0. The maximum absolute atomic E-state index is 13.2. The number of aryl methyl sites for hydroxylation is 2. The van der Waals surface area contributed by atoms with Crippen molar-refractivity contribution in [3.8, 4) is 16.9 Å². The Balaban J connectivity index is 1.41. The first-order chi connectivity index (χ1) is 15.5. The van der Waals surface area contributed by atoms with Crippen LogP contribution in [0, 0.1) is 19.7 Å². The van der Waals surface area contributed by atoms with Gasteiger partial charge in [-0.25, -0.2) is 24.8 Å². The first-order valence-electron chi connectivity index (χ1n) is 9.90. The van der Waals surface area contributed by atoms with E-state index in [4.69, 9.17) is 0 Å². The number of aromatic hydroxyl groups is 1. The topological polar surface area (TPSA) is 95.3 Å². The average Bonchev–Trinajstić information content (AvgIpc) is 2.78. The summed E-state index contributed by atoms with van der Waals surface area (Å²) in [4.78, 5) is 12.3. The number of phenols is 1. The monoisotopic (exact) mass is 428 g/mol. The van der Waals surface area contributed by atoms with E-state index in [0.717, 1.165) is 34.4 Å². The number of hydrogen-bond donors (Lipinski definition) is 3. The van der Waals surface area contributed by atoms with Crippen LogP contribution in [0.5, 0.6) is 5.75 Å². The number of halogens is 1. The molecule has 0 fully saturated rings. The molecule has 4 aromatic rings. The van der Waals surface area contributed by atoms with Gasteiger partial charge < -0.3 is 10.4 Å². The molecule has 2 aromatic heterocycles. The van der Waals surface area contributed by atoms with Crippen LogP contribution < -0.4 is 10.7 Å². The highest BCUT2D eigenvalue weighted by Crippen LogP contribution is 2.26. The Hall–Kier alpha value is -4.33. The highest BCUT2D eigenvalue weighted by atomic mass is 19.1. The molecule has 0 aliphatic heterocycles. The molecule has 4 rings (SSSR count). The van der Waals surface area contributed by atoms with Gasteiger partial charge in [0.2, 0.25) is 5.95 Å². The molecule has 0 unspecified atom stereocenters. The van der Waals surface area contributed by atoms with E-state index in [9.17, 15) is 9.50 Å². The van der Waals surface area contributed by atoms with Crippen molar-refractivity contribution >= 4 is 23.5 Å². The van der Waals surface area contributed by atoms with Crippen LogP contribution in [-0.4, -0.2) is 26.3 Å². The summed E-state index contributed by atoms with van der Waals surface area (Å²) >= 11 is 0. The molecule has 0 atom stereocenters. The van der Waals surface area contributed by atoms with Crippen molar-refractivity contribution < 1.29 is 9.50 Å². The Morgan fingerprint density at radius 1 is 0.938 bits per heavy atom. The van der Waals surface area contributed by atoms with Gasteiger partial charge in [0.15, 0.2) is 5.82 Å². The lowest BCUT2D eigenvalue weighted by atomic mass is 10.1. The van der Waals surface area contributed by atoms with Gasteiger partial charge in [0.1, 0.15) is 5.75 Å². The zero-order valence-electron chi connectivity index (χ0n) is 17.5. The third-order valence-electron chi connectivity index (χ3n) is 4.73. The zero-order valence-corrected chi connectivity index (χ0v) is 17.5. The van der Waals surface area contributed by atoms with Gasteiger partial charge in [-0.2, -0.15) is 5.10 Å². The van der Waals surface area contributed by atoms with Gasteiger partial charge in [0.05, 0.1) is 35.2 Å². The van der Waals surface area contributed by atoms with E-state index in [2.05, 4.69) is 30.8 Å². The molecule has 0 saturated carbocycles. The molecular formula is C24H21FN6O. The summed E-state index contributed by atoms with van der Waals surface area (Å²) in [7, 11) is 0. The zero-order chi connectivity index (χ0) is 22.5. The van der Waals surface area contributed by atoms with Crippen molar-refractivity contribution in [2.45, 2.75) is 13.8 Å². The smallest absolute Gasteiger partial charge is 0.243 e. The van der Waals surface area contributed by atoms with Crippen LogP contribution in [0.4, 0.5) is 21.7 Å². The Bertz CT molecular complexity index is 1270. The van der Waals surface area contributed by atoms with Gasteiger partial charge in [0, 0.05) is 5.69 Å². The average molecular weight is 428 g/mol. The molecule has 0 aliphatic carbocycles. The van der Waals surface area contributed by atoms with E-state index in [-0.39, 0.29) is 17.4 Å². The number of nitrogens with one attached hydrogen (secondary N) is 2. The van der Waals surface area contributed by atoms with E-state index in [1.807, 2.05) is 55.5 Å². The third-order valence-corrected chi connectivity index (χ3v) is 4.73. The number of benzene rings is 2. The number of hydrogen-bond acceptors (Lipinski definition) is 7. The fourth-order valence-electron chi connectivity index (χ4n) is 3.03. The van der Waals surface area contributed by atoms with Crippen molar-refractivity contribution in [1.29, 1.82) is 0 Å². The van der Waals surface area contributed by atoms with E-state index < -0.39 is 5.82 Å². The summed E-state index contributed by atoms with van der Waals surface area (Å²) in [5, 5.41) is 17.1. The van der Waals surface area contributed by atoms with Crippen LogP contribution in [-0.2, 0) is 0 Å². The standard InChI is InChI=1S/C24H21FN6O/c1-15-22(25)14-26-24(29-15)31-27-13-20-10-11-23(16(2)28-20)30-19-8-6-17(7-9-19)18-4-3-5-21(32)12-18/h3-14,30,32H,1-2H3,(H,26,29,31)/b27-13+. The summed E-state index contributed by atoms with van der Waals surface area (Å²) in [6, 6.07) is 18.8. The summed E-state index contributed by atoms with van der Waals surface area (Å²) in [5.74, 6) is -0.0104. The highest BCUT2D eigenvalue weighted by molar-refractivity contribution is 5.79. The predicted octanol–water partition coefficient (Wildman–Crippen LogP) is 5.19. The van der Waals surface area contributed by atoms with Crippen LogP contribution >= 0.6 is 0 Å². The minimum Gasteiger partial charge on any atom is -0.508 e. The Morgan fingerprint density at radius 3 is 2.47 bits per heavy atom. The molecule has 2 aromatic carbocycles. The first kappa shape index (κ1) is 20.9. The van der Waals surface area contributed by atoms with Crippen LogP contribution in [0.2, 0.25) is 0 Å². The number of nitrogens with zero attached hydrogens (tertiary/aromatic N) is 4. The molecule has 32 heavy (non-hydrogen) atoms. The fraction of sp³-hybridized carbons (Fsp3) is 0.0833. The molecule has 0 amide bonds. The summed E-state index contributed by atoms with van der Waals surface area (Å²) in [6.45, 7) is 3.46. The van der Waals surface area contributed by atoms with Crippen molar-refractivity contribution in [2.75, 3.05) is 10.7 Å². The maximum Gasteiger partial charge on any atom is 0.243 e. The van der Waals surface area contributed by atoms with Gasteiger partial charge in [-0.05, 0) is 61.4 Å². The van der Waals surface area contributed by atoms with Gasteiger partial charge in [-0.15, -0.1) is 0 Å². The van der Waals surface area contributed by atoms with Crippen LogP contribution in [0.3, 0.4) is 0 Å². The molecule has 2 heterocycles. The molecule has 0 saturated heterocycles. The number of pyridine rings is 1. The number of rotatable bonds is 6. The molecule has 160 valence electrons. The minimum atomic E-state index is -0.464. The van der Waals surface area contributed by atoms with E-state index in [1.54, 1.807) is 25.3 Å². The molecule has 7 nitrogen and oxygen atoms in total. The lowest BCUT2D eigenvalue weighted by Crippen LogP contribution is -2.01. The second-order valence-electron chi connectivity index (χ2n) is 7.12. The van der Waals surface area contributed by atoms with Crippen LogP contribution in [0.1, 0.15) is 17.1 Å². The lowest BCUT2D eigenvalue weighted by Gasteiger charge is -2.10. The molecule has 0 aliphatic rings. The maximum atomic E-state index is 13.2. The second-order valence-corrected chi connectivity index (χ2v) is 7.12. The highest BCUT2D eigenvalue weighted by Gasteiger charge is 2.04. The number of anilines is 3. The number of phenolic OH excluding ortho intramolecular Hbond substituents is 1. The van der Waals surface area contributed by atoms with Gasteiger partial charge in [-0.1, -0.05) is 24.3 Å². The largest absolute Gasteiger partial charge is 0.508 e. The number of aromatic nitrogens is 3. The van der Waals surface area contributed by atoms with Gasteiger partial charge >= 0.3 is 0 Å². The van der Waals surface area contributed by atoms with Crippen molar-refractivity contribution in [3.63, 3.8) is 0 Å². The molecule has 0 radical (unpaired) electrons. The van der Waals surface area contributed by atoms with Gasteiger partial charge in [-0.3, -0.25) is 0 Å². The Morgan fingerprint density at radius 2 is 1.75 bits per heavy atom. The van der Waals surface area contributed by atoms with Gasteiger partial charge in [0.25, 0.3) is 0 Å². The van der Waals surface area contributed by atoms with E-state index >= 15 is 0 Å². The SMILES string of the molecule is Cc1nc(N/N=C/c2ccc(Nc3ccc(-c4cccc(O)c4)cc3)c(C)n2)ncc1F. The molecule has 0 spiro atoms. The summed E-state index contributed by atoms with van der Waals surface area (Å²) in [6.07, 6.45) is 2.64. The summed E-state index contributed by atoms with van der Waals surface area (Å²) < 4.78 is 13.2. The van der Waals surface area contributed by atoms with Crippen molar-refractivity contribution in [3.05, 3.63) is 89.8 Å². The minimum absolute atomic E-state index is 0.212. The molecule has 8 heteroatoms. The van der Waals surface area contributed by atoms with Crippen LogP contribution in [0.25, 0.3) is 11.1 Å². The summed E-state index contributed by atoms with van der Waals surface area (Å²) in [5.41, 5.74) is 8.13. The predicted molar refractivity (Wildman–Crippen MR) is 124 cm³/mol. The fourth-order valence-corrected chi connectivity index (χ4v) is 3.03.